The van der Waals surface area contributed by atoms with Gasteiger partial charge < -0.3 is 15.2 Å². The van der Waals surface area contributed by atoms with Crippen molar-refractivity contribution in [1.29, 1.82) is 0 Å². The monoisotopic (exact) mass is 412 g/mol. The molecule has 2 N–H and O–H groups in total. The molecule has 0 saturated carbocycles. The molecular formula is C25H20N2O4. The minimum Gasteiger partial charge on any atom is -0.480 e. The molecule has 0 heterocycles. The van der Waals surface area contributed by atoms with Crippen molar-refractivity contribution in [3.63, 3.8) is 0 Å². The number of carbonyl (C=O) groups is 2. The minimum atomic E-state index is -1.15. The molecule has 0 unspecified atom stereocenters. The van der Waals surface area contributed by atoms with E-state index in [1.807, 2.05) is 48.5 Å². The van der Waals surface area contributed by atoms with Gasteiger partial charge in [-0.3, -0.25) is 0 Å². The molecule has 0 radical (unpaired) electrons. The van der Waals surface area contributed by atoms with E-state index in [1.165, 1.54) is 0 Å². The Bertz CT molecular complexity index is 1120. The zero-order valence-electron chi connectivity index (χ0n) is 16.6. The highest BCUT2D eigenvalue weighted by atomic mass is 16.5. The van der Waals surface area contributed by atoms with E-state index >= 15 is 0 Å². The summed E-state index contributed by atoms with van der Waals surface area (Å²) in [5.41, 5.74) is 5.60. The molecule has 1 aliphatic rings. The molecule has 0 bridgehead atoms. The standard InChI is InChI=1S/C25H20N2O4/c1-26-17-12-10-16(11-13-17)14-23(24(28)29)27-25(30)31-15-22-20-8-4-2-6-18(20)19-7-3-5-9-21(19)22/h2-13,22-23H,14-15H2,(H,27,30)(H,28,29)/t23-/m1/s1. The number of fused-ring (bicyclic) bond motifs is 3. The summed E-state index contributed by atoms with van der Waals surface area (Å²) in [5.74, 6) is -1.25. The highest BCUT2D eigenvalue weighted by Gasteiger charge is 2.29. The summed E-state index contributed by atoms with van der Waals surface area (Å²) in [4.78, 5) is 27.3. The predicted octanol–water partition coefficient (Wildman–Crippen LogP) is 4.77. The topological polar surface area (TPSA) is 80.0 Å². The quantitative estimate of drug-likeness (QED) is 0.572. The van der Waals surface area contributed by atoms with E-state index in [4.69, 9.17) is 11.3 Å². The second-order valence-corrected chi connectivity index (χ2v) is 7.34. The lowest BCUT2D eigenvalue weighted by Gasteiger charge is -2.17. The fraction of sp³-hybridized carbons (Fsp3) is 0.160. The molecule has 6 heteroatoms. The molecule has 1 aliphatic carbocycles. The lowest BCUT2D eigenvalue weighted by Crippen LogP contribution is -2.42. The summed E-state index contributed by atoms with van der Waals surface area (Å²) in [6.45, 7) is 7.10. The Morgan fingerprint density at radius 2 is 1.55 bits per heavy atom. The van der Waals surface area contributed by atoms with Crippen LogP contribution in [0.5, 0.6) is 0 Å². The van der Waals surface area contributed by atoms with Crippen LogP contribution in [0.3, 0.4) is 0 Å². The van der Waals surface area contributed by atoms with E-state index < -0.39 is 18.1 Å². The van der Waals surface area contributed by atoms with E-state index in [1.54, 1.807) is 24.3 Å². The van der Waals surface area contributed by atoms with Gasteiger partial charge in [-0.25, -0.2) is 14.4 Å². The van der Waals surface area contributed by atoms with Crippen LogP contribution in [0.4, 0.5) is 10.5 Å². The predicted molar refractivity (Wildman–Crippen MR) is 116 cm³/mol. The number of ether oxygens (including phenoxy) is 1. The number of nitrogens with one attached hydrogen (secondary N) is 1. The molecule has 4 rings (SSSR count). The number of carboxylic acids is 1. The Hall–Kier alpha value is -4.11. The molecule has 0 saturated heterocycles. The van der Waals surface area contributed by atoms with Crippen molar-refractivity contribution in [2.75, 3.05) is 6.61 Å². The number of benzene rings is 3. The van der Waals surface area contributed by atoms with Gasteiger partial charge in [0, 0.05) is 12.3 Å². The molecule has 0 aliphatic heterocycles. The van der Waals surface area contributed by atoms with Gasteiger partial charge in [0.25, 0.3) is 0 Å². The third kappa shape index (κ3) is 4.26. The Balaban J connectivity index is 1.42. The van der Waals surface area contributed by atoms with E-state index in [2.05, 4.69) is 10.2 Å². The molecule has 0 fully saturated rings. The largest absolute Gasteiger partial charge is 0.480 e. The molecule has 31 heavy (non-hydrogen) atoms. The fourth-order valence-electron chi connectivity index (χ4n) is 3.92. The van der Waals surface area contributed by atoms with Crippen molar-refractivity contribution in [3.8, 4) is 11.1 Å². The number of alkyl carbamates (subject to hydrolysis) is 1. The lowest BCUT2D eigenvalue weighted by molar-refractivity contribution is -0.139. The van der Waals surface area contributed by atoms with Gasteiger partial charge in [0.2, 0.25) is 0 Å². The van der Waals surface area contributed by atoms with Gasteiger partial charge in [0.15, 0.2) is 5.69 Å². The number of nitrogens with zero attached hydrogens (tertiary/aromatic N) is 1. The molecule has 1 atom stereocenters. The zero-order chi connectivity index (χ0) is 21.8. The van der Waals surface area contributed by atoms with Crippen LogP contribution in [0.25, 0.3) is 16.0 Å². The van der Waals surface area contributed by atoms with Crippen molar-refractivity contribution < 1.29 is 19.4 Å². The Labute approximate surface area is 179 Å². The van der Waals surface area contributed by atoms with Crippen LogP contribution in [-0.4, -0.2) is 29.8 Å². The molecular weight excluding hydrogens is 392 g/mol. The van der Waals surface area contributed by atoms with Crippen LogP contribution in [0.2, 0.25) is 0 Å². The Kier molecular flexibility index (Phi) is 5.67. The van der Waals surface area contributed by atoms with Gasteiger partial charge >= 0.3 is 12.1 Å². The lowest BCUT2D eigenvalue weighted by atomic mass is 9.98. The first-order valence-electron chi connectivity index (χ1n) is 9.87. The average molecular weight is 412 g/mol. The highest BCUT2D eigenvalue weighted by molar-refractivity contribution is 5.81. The van der Waals surface area contributed by atoms with Gasteiger partial charge in [-0.05, 0) is 27.8 Å². The molecule has 3 aromatic carbocycles. The van der Waals surface area contributed by atoms with Crippen molar-refractivity contribution in [3.05, 3.63) is 101 Å². The van der Waals surface area contributed by atoms with E-state index in [0.29, 0.717) is 11.3 Å². The second-order valence-electron chi connectivity index (χ2n) is 7.34. The molecule has 0 spiro atoms. The molecule has 3 aromatic rings. The van der Waals surface area contributed by atoms with E-state index in [-0.39, 0.29) is 18.9 Å². The number of hydrogen-bond acceptors (Lipinski definition) is 3. The maximum atomic E-state index is 12.4. The first-order chi connectivity index (χ1) is 15.1. The summed E-state index contributed by atoms with van der Waals surface area (Å²) in [5, 5.41) is 11.9. The summed E-state index contributed by atoms with van der Waals surface area (Å²) in [6, 6.07) is 21.5. The number of carboxylic acid groups (broad SMARTS) is 1. The minimum absolute atomic E-state index is 0.0948. The SMILES string of the molecule is [C-]#[N+]c1ccc(C[C@@H](NC(=O)OCC2c3ccccc3-c3ccccc32)C(=O)O)cc1. The maximum absolute atomic E-state index is 12.4. The van der Waals surface area contributed by atoms with E-state index in [9.17, 15) is 14.7 Å². The average Bonchev–Trinajstić information content (AvgIpc) is 3.11. The summed E-state index contributed by atoms with van der Waals surface area (Å²) < 4.78 is 5.44. The smallest absolute Gasteiger partial charge is 0.407 e. The summed E-state index contributed by atoms with van der Waals surface area (Å²) in [6.07, 6.45) is -0.676. The second kappa shape index (κ2) is 8.72. The number of amides is 1. The number of rotatable bonds is 6. The molecule has 0 aromatic heterocycles. The first kappa shape index (κ1) is 20.2. The van der Waals surface area contributed by atoms with Crippen molar-refractivity contribution in [2.45, 2.75) is 18.4 Å². The van der Waals surface area contributed by atoms with Crippen molar-refractivity contribution in [1.82, 2.24) is 5.32 Å². The summed E-state index contributed by atoms with van der Waals surface area (Å²) in [7, 11) is 0. The van der Waals surface area contributed by atoms with Crippen LogP contribution < -0.4 is 5.32 Å². The molecule has 154 valence electrons. The summed E-state index contributed by atoms with van der Waals surface area (Å²) >= 11 is 0. The highest BCUT2D eigenvalue weighted by Crippen LogP contribution is 2.44. The van der Waals surface area contributed by atoms with Crippen LogP contribution in [0.1, 0.15) is 22.6 Å². The van der Waals surface area contributed by atoms with Gasteiger partial charge in [0.1, 0.15) is 12.6 Å². The van der Waals surface area contributed by atoms with Gasteiger partial charge in [-0.15, -0.1) is 0 Å². The Morgan fingerprint density at radius 3 is 2.10 bits per heavy atom. The van der Waals surface area contributed by atoms with Crippen LogP contribution >= 0.6 is 0 Å². The third-order valence-electron chi connectivity index (χ3n) is 5.44. The van der Waals surface area contributed by atoms with Gasteiger partial charge in [-0.2, -0.15) is 0 Å². The first-order valence-corrected chi connectivity index (χ1v) is 9.87. The molecule has 1 amide bonds. The third-order valence-corrected chi connectivity index (χ3v) is 5.44. The number of carbonyl (C=O) groups excluding carboxylic acids is 1. The van der Waals surface area contributed by atoms with Gasteiger partial charge in [0.05, 0.1) is 6.57 Å². The zero-order valence-corrected chi connectivity index (χ0v) is 16.6. The number of hydrogen-bond donors (Lipinski definition) is 2. The Morgan fingerprint density at radius 1 is 0.968 bits per heavy atom. The fourth-order valence-corrected chi connectivity index (χ4v) is 3.92. The maximum Gasteiger partial charge on any atom is 0.407 e. The van der Waals surface area contributed by atoms with Crippen LogP contribution in [-0.2, 0) is 16.0 Å². The molecule has 6 nitrogen and oxygen atoms in total. The van der Waals surface area contributed by atoms with Gasteiger partial charge in [-0.1, -0.05) is 72.8 Å². The van der Waals surface area contributed by atoms with E-state index in [0.717, 1.165) is 22.3 Å². The number of aliphatic carboxylic acids is 1. The normalized spacial score (nSPS) is 12.9. The van der Waals surface area contributed by atoms with Crippen LogP contribution in [0.15, 0.2) is 72.8 Å². The van der Waals surface area contributed by atoms with Crippen LogP contribution in [0, 0.1) is 6.57 Å². The van der Waals surface area contributed by atoms with Crippen molar-refractivity contribution >= 4 is 17.7 Å². The van der Waals surface area contributed by atoms with Crippen molar-refractivity contribution in [2.24, 2.45) is 0 Å².